The summed E-state index contributed by atoms with van der Waals surface area (Å²) in [7, 11) is 0. The summed E-state index contributed by atoms with van der Waals surface area (Å²) >= 11 is 1.77. The lowest BCUT2D eigenvalue weighted by Crippen LogP contribution is -2.16. The minimum atomic E-state index is 0.433. The Morgan fingerprint density at radius 3 is 2.71 bits per heavy atom. The first-order chi connectivity index (χ1) is 10.2. The van der Waals surface area contributed by atoms with Crippen molar-refractivity contribution in [3.63, 3.8) is 0 Å². The monoisotopic (exact) mass is 306 g/mol. The Bertz CT molecular complexity index is 579. The van der Waals surface area contributed by atoms with Crippen molar-refractivity contribution in [2.75, 3.05) is 17.2 Å². The molecule has 21 heavy (non-hydrogen) atoms. The van der Waals surface area contributed by atoms with Gasteiger partial charge in [0.15, 0.2) is 0 Å². The minimum Gasteiger partial charge on any atom is -0.367 e. The van der Waals surface area contributed by atoms with Gasteiger partial charge in [0.1, 0.15) is 10.6 Å². The average molecular weight is 306 g/mol. The Kier molecular flexibility index (Phi) is 5.79. The van der Waals surface area contributed by atoms with Gasteiger partial charge in [-0.25, -0.2) is 4.98 Å². The molecule has 0 aliphatic carbocycles. The largest absolute Gasteiger partial charge is 0.367 e. The van der Waals surface area contributed by atoms with Crippen LogP contribution in [0.2, 0.25) is 0 Å². The Morgan fingerprint density at radius 2 is 2.05 bits per heavy atom. The molecule has 0 aliphatic heterocycles. The van der Waals surface area contributed by atoms with Crippen molar-refractivity contribution in [1.29, 1.82) is 0 Å². The van der Waals surface area contributed by atoms with Crippen LogP contribution >= 0.6 is 11.3 Å². The van der Waals surface area contributed by atoms with Gasteiger partial charge in [0.05, 0.1) is 5.39 Å². The zero-order valence-corrected chi connectivity index (χ0v) is 14.3. The molecule has 0 bridgehead atoms. The van der Waals surface area contributed by atoms with E-state index in [9.17, 15) is 0 Å². The molecule has 5 heteroatoms. The number of anilines is 2. The molecule has 1 unspecified atom stereocenters. The summed E-state index contributed by atoms with van der Waals surface area (Å²) in [5.74, 6) is 1.69. The van der Waals surface area contributed by atoms with E-state index in [1.54, 1.807) is 11.3 Å². The van der Waals surface area contributed by atoms with Gasteiger partial charge in [-0.05, 0) is 32.8 Å². The zero-order chi connectivity index (χ0) is 15.2. The molecule has 0 aromatic carbocycles. The van der Waals surface area contributed by atoms with Gasteiger partial charge < -0.3 is 10.6 Å². The van der Waals surface area contributed by atoms with Crippen LogP contribution in [0, 0.1) is 0 Å². The third-order valence-corrected chi connectivity index (χ3v) is 4.67. The molecule has 0 aliphatic rings. The second-order valence-corrected chi connectivity index (χ2v) is 6.51. The molecule has 2 heterocycles. The van der Waals surface area contributed by atoms with E-state index in [0.29, 0.717) is 6.04 Å². The van der Waals surface area contributed by atoms with Crippen molar-refractivity contribution in [1.82, 2.24) is 9.97 Å². The molecule has 0 radical (unpaired) electrons. The molecule has 116 valence electrons. The Hall–Kier alpha value is -1.36. The fourth-order valence-corrected chi connectivity index (χ4v) is 3.28. The number of hydrogen-bond donors (Lipinski definition) is 2. The molecule has 2 rings (SSSR count). The van der Waals surface area contributed by atoms with Crippen LogP contribution in [0.1, 0.15) is 51.8 Å². The zero-order valence-electron chi connectivity index (χ0n) is 13.5. The maximum Gasteiger partial charge on any atom is 0.226 e. The van der Waals surface area contributed by atoms with Crippen molar-refractivity contribution in [2.24, 2.45) is 0 Å². The van der Waals surface area contributed by atoms with E-state index < -0.39 is 0 Å². The van der Waals surface area contributed by atoms with Gasteiger partial charge in [-0.3, -0.25) is 0 Å². The van der Waals surface area contributed by atoms with Crippen LogP contribution in [0.4, 0.5) is 11.8 Å². The lowest BCUT2D eigenvalue weighted by atomic mass is 10.1. The summed E-state index contributed by atoms with van der Waals surface area (Å²) in [5, 5.41) is 7.95. The van der Waals surface area contributed by atoms with Crippen LogP contribution in [0.15, 0.2) is 6.07 Å². The van der Waals surface area contributed by atoms with Crippen LogP contribution < -0.4 is 10.6 Å². The molecule has 0 spiro atoms. The van der Waals surface area contributed by atoms with Gasteiger partial charge >= 0.3 is 0 Å². The first-order valence-electron chi connectivity index (χ1n) is 7.98. The van der Waals surface area contributed by atoms with Crippen LogP contribution in [-0.4, -0.2) is 22.6 Å². The van der Waals surface area contributed by atoms with Crippen LogP contribution in [0.5, 0.6) is 0 Å². The highest BCUT2D eigenvalue weighted by molar-refractivity contribution is 7.18. The Morgan fingerprint density at radius 1 is 1.24 bits per heavy atom. The number of unbranched alkanes of at least 4 members (excludes halogenated alkanes) is 1. The van der Waals surface area contributed by atoms with Crippen molar-refractivity contribution in [3.8, 4) is 0 Å². The maximum atomic E-state index is 4.66. The second-order valence-electron chi connectivity index (χ2n) is 5.40. The summed E-state index contributed by atoms with van der Waals surface area (Å²) in [5.41, 5.74) is 0. The van der Waals surface area contributed by atoms with Crippen molar-refractivity contribution >= 4 is 33.3 Å². The molecule has 2 aromatic heterocycles. The third-order valence-electron chi connectivity index (χ3n) is 3.50. The van der Waals surface area contributed by atoms with Gasteiger partial charge in [0.2, 0.25) is 5.95 Å². The molecule has 4 nitrogen and oxygen atoms in total. The fourth-order valence-electron chi connectivity index (χ4n) is 2.31. The second kappa shape index (κ2) is 7.59. The highest BCUT2D eigenvalue weighted by Crippen LogP contribution is 2.31. The molecular weight excluding hydrogens is 280 g/mol. The molecule has 0 saturated heterocycles. The predicted octanol–water partition coefficient (Wildman–Crippen LogP) is 4.68. The molecule has 0 amide bonds. The first kappa shape index (κ1) is 16.0. The van der Waals surface area contributed by atoms with Gasteiger partial charge in [-0.2, -0.15) is 4.98 Å². The summed E-state index contributed by atoms with van der Waals surface area (Å²) in [4.78, 5) is 11.7. The van der Waals surface area contributed by atoms with E-state index in [1.807, 2.05) is 0 Å². The molecule has 0 saturated carbocycles. The third kappa shape index (κ3) is 4.06. The average Bonchev–Trinajstić information content (AvgIpc) is 2.89. The highest BCUT2D eigenvalue weighted by atomic mass is 32.1. The van der Waals surface area contributed by atoms with E-state index in [0.717, 1.165) is 34.9 Å². The fraction of sp³-hybridized carbons (Fsp3) is 0.625. The van der Waals surface area contributed by atoms with Crippen molar-refractivity contribution in [3.05, 3.63) is 10.9 Å². The number of aromatic nitrogens is 2. The predicted molar refractivity (Wildman–Crippen MR) is 93.6 cm³/mol. The summed E-state index contributed by atoms with van der Waals surface area (Å²) < 4.78 is 0. The maximum absolute atomic E-state index is 4.66. The number of aryl methyl sites for hydroxylation is 1. The van der Waals surface area contributed by atoms with Gasteiger partial charge in [-0.15, -0.1) is 11.3 Å². The lowest BCUT2D eigenvalue weighted by molar-refractivity contribution is 0.644. The molecule has 0 fully saturated rings. The van der Waals surface area contributed by atoms with E-state index in [2.05, 4.69) is 54.4 Å². The van der Waals surface area contributed by atoms with Crippen LogP contribution in [0.3, 0.4) is 0 Å². The Labute approximate surface area is 131 Å². The molecule has 1 atom stereocenters. The van der Waals surface area contributed by atoms with Crippen LogP contribution in [0.25, 0.3) is 10.2 Å². The number of rotatable bonds is 8. The highest BCUT2D eigenvalue weighted by Gasteiger charge is 2.13. The van der Waals surface area contributed by atoms with Gasteiger partial charge in [0, 0.05) is 17.5 Å². The summed E-state index contributed by atoms with van der Waals surface area (Å²) in [6.45, 7) is 9.54. The number of fused-ring (bicyclic) bond motifs is 1. The van der Waals surface area contributed by atoms with Gasteiger partial charge in [0.25, 0.3) is 0 Å². The SMILES string of the molecule is CCCCC(C)Nc1nc(NCC)nc2sc(CC)cc12. The smallest absolute Gasteiger partial charge is 0.226 e. The van der Waals surface area contributed by atoms with E-state index >= 15 is 0 Å². The summed E-state index contributed by atoms with van der Waals surface area (Å²) in [6.07, 6.45) is 4.68. The number of nitrogens with zero attached hydrogens (tertiary/aromatic N) is 2. The Balaban J connectivity index is 2.31. The van der Waals surface area contributed by atoms with Crippen LogP contribution in [-0.2, 0) is 6.42 Å². The lowest BCUT2D eigenvalue weighted by Gasteiger charge is -2.15. The molecular formula is C16H26N4S. The number of nitrogens with one attached hydrogen (secondary N) is 2. The van der Waals surface area contributed by atoms with E-state index in [-0.39, 0.29) is 0 Å². The van der Waals surface area contributed by atoms with E-state index in [1.165, 1.54) is 24.1 Å². The van der Waals surface area contributed by atoms with Crippen molar-refractivity contribution < 1.29 is 0 Å². The number of hydrogen-bond acceptors (Lipinski definition) is 5. The van der Waals surface area contributed by atoms with Gasteiger partial charge in [-0.1, -0.05) is 26.7 Å². The van der Waals surface area contributed by atoms with E-state index in [4.69, 9.17) is 0 Å². The molecule has 2 N–H and O–H groups in total. The standard InChI is InChI=1S/C16H26N4S/c1-5-8-9-11(4)18-14-13-10-12(6-2)21-15(13)20-16(19-14)17-7-3/h10-11H,5-9H2,1-4H3,(H2,17,18,19,20). The minimum absolute atomic E-state index is 0.433. The number of thiophene rings is 1. The topological polar surface area (TPSA) is 49.8 Å². The first-order valence-corrected chi connectivity index (χ1v) is 8.80. The quantitative estimate of drug-likeness (QED) is 0.743. The van der Waals surface area contributed by atoms with Crippen molar-refractivity contribution in [2.45, 2.75) is 59.4 Å². The summed E-state index contributed by atoms with van der Waals surface area (Å²) in [6, 6.07) is 2.66. The normalized spacial score (nSPS) is 12.6. The molecule has 2 aromatic rings.